The van der Waals surface area contributed by atoms with Crippen LogP contribution in [0.15, 0.2) is 0 Å². The zero-order valence-corrected chi connectivity index (χ0v) is 10.3. The Labute approximate surface area is 97.6 Å². The lowest BCUT2D eigenvalue weighted by atomic mass is 9.95. The first kappa shape index (κ1) is 15.0. The summed E-state index contributed by atoms with van der Waals surface area (Å²) in [5.41, 5.74) is 0. The van der Waals surface area contributed by atoms with Gasteiger partial charge in [-0.25, -0.2) is 0 Å². The van der Waals surface area contributed by atoms with Crippen LogP contribution in [0.3, 0.4) is 0 Å². The second kappa shape index (κ2) is 9.25. The Hall–Kier alpha value is -0.990. The molecule has 0 saturated heterocycles. The molecule has 0 rings (SSSR count). The lowest BCUT2D eigenvalue weighted by Crippen LogP contribution is -2.17. The van der Waals surface area contributed by atoms with E-state index in [1.807, 2.05) is 13.8 Å². The van der Waals surface area contributed by atoms with Crippen LogP contribution in [-0.4, -0.2) is 17.9 Å². The van der Waals surface area contributed by atoms with Gasteiger partial charge in [0.25, 0.3) is 0 Å². The van der Waals surface area contributed by atoms with Crippen molar-refractivity contribution in [1.82, 2.24) is 0 Å². The third-order valence-corrected chi connectivity index (χ3v) is 2.55. The van der Waals surface area contributed by atoms with Crippen molar-refractivity contribution in [3.05, 3.63) is 0 Å². The molecule has 0 saturated carbocycles. The molecular weight excluding hydrogens is 204 g/mol. The van der Waals surface area contributed by atoms with E-state index in [1.165, 1.54) is 0 Å². The summed E-state index contributed by atoms with van der Waals surface area (Å²) in [4.78, 5) is 33.4. The second-order valence-electron chi connectivity index (χ2n) is 4.07. The first-order valence-corrected chi connectivity index (χ1v) is 6.07. The van der Waals surface area contributed by atoms with Crippen LogP contribution in [0.2, 0.25) is 0 Å². The van der Waals surface area contributed by atoms with E-state index in [2.05, 4.69) is 0 Å². The molecule has 3 nitrogen and oxygen atoms in total. The molecular formula is C13H21O3. The van der Waals surface area contributed by atoms with Crippen LogP contribution >= 0.6 is 0 Å². The van der Waals surface area contributed by atoms with Crippen molar-refractivity contribution in [2.75, 3.05) is 0 Å². The monoisotopic (exact) mass is 225 g/mol. The van der Waals surface area contributed by atoms with E-state index in [4.69, 9.17) is 0 Å². The van der Waals surface area contributed by atoms with Gasteiger partial charge in [-0.2, -0.15) is 0 Å². The maximum atomic E-state index is 11.4. The van der Waals surface area contributed by atoms with E-state index in [0.717, 1.165) is 19.3 Å². The molecule has 91 valence electrons. The topological polar surface area (TPSA) is 51.2 Å². The average Bonchev–Trinajstić information content (AvgIpc) is 2.27. The highest BCUT2D eigenvalue weighted by Crippen LogP contribution is 2.11. The Morgan fingerprint density at radius 1 is 1.06 bits per heavy atom. The SMILES string of the molecule is CCCCC(=O)CCC([C]=O)C(=O)CCC. The van der Waals surface area contributed by atoms with Gasteiger partial charge in [0.2, 0.25) is 6.29 Å². The molecule has 0 heterocycles. The summed E-state index contributed by atoms with van der Waals surface area (Å²) in [6.07, 6.45) is 5.99. The fourth-order valence-electron chi connectivity index (χ4n) is 1.51. The largest absolute Gasteiger partial charge is 0.300 e. The van der Waals surface area contributed by atoms with Crippen molar-refractivity contribution in [2.45, 2.75) is 58.8 Å². The minimum Gasteiger partial charge on any atom is -0.300 e. The van der Waals surface area contributed by atoms with Crippen LogP contribution < -0.4 is 0 Å². The van der Waals surface area contributed by atoms with Gasteiger partial charge in [-0.1, -0.05) is 20.3 Å². The standard InChI is InChI=1S/C13H21O3/c1-3-5-7-12(15)9-8-11(10-14)13(16)6-4-2/h11H,3-9H2,1-2H3. The Morgan fingerprint density at radius 2 is 1.75 bits per heavy atom. The molecule has 0 aliphatic rings. The smallest absolute Gasteiger partial charge is 0.209 e. The van der Waals surface area contributed by atoms with Crippen LogP contribution in [0.5, 0.6) is 0 Å². The quantitative estimate of drug-likeness (QED) is 0.537. The Kier molecular flexibility index (Phi) is 8.68. The number of hydrogen-bond donors (Lipinski definition) is 0. The summed E-state index contributed by atoms with van der Waals surface area (Å²) in [5, 5.41) is 0. The fourth-order valence-corrected chi connectivity index (χ4v) is 1.51. The summed E-state index contributed by atoms with van der Waals surface area (Å²) < 4.78 is 0. The molecule has 1 radical (unpaired) electrons. The number of carbonyl (C=O) groups excluding carboxylic acids is 3. The zero-order valence-electron chi connectivity index (χ0n) is 10.3. The number of hydrogen-bond acceptors (Lipinski definition) is 3. The van der Waals surface area contributed by atoms with Crippen molar-refractivity contribution in [3.8, 4) is 0 Å². The van der Waals surface area contributed by atoms with Crippen molar-refractivity contribution >= 4 is 17.9 Å². The van der Waals surface area contributed by atoms with Gasteiger partial charge >= 0.3 is 0 Å². The van der Waals surface area contributed by atoms with Crippen molar-refractivity contribution in [1.29, 1.82) is 0 Å². The van der Waals surface area contributed by atoms with Gasteiger partial charge in [-0.15, -0.1) is 0 Å². The molecule has 0 amide bonds. The lowest BCUT2D eigenvalue weighted by molar-refractivity contribution is -0.122. The Balaban J connectivity index is 3.90. The minimum atomic E-state index is -0.689. The summed E-state index contributed by atoms with van der Waals surface area (Å²) >= 11 is 0. The molecule has 0 fully saturated rings. The molecule has 1 atom stereocenters. The molecule has 0 aromatic rings. The molecule has 1 unspecified atom stereocenters. The number of carbonyl (C=O) groups is 2. The molecule has 0 bridgehead atoms. The summed E-state index contributed by atoms with van der Waals surface area (Å²) in [5.74, 6) is -0.627. The van der Waals surface area contributed by atoms with Crippen LogP contribution in [0.4, 0.5) is 0 Å². The molecule has 0 N–H and O–H groups in total. The highest BCUT2D eigenvalue weighted by molar-refractivity contribution is 5.94. The third kappa shape index (κ3) is 6.49. The third-order valence-electron chi connectivity index (χ3n) is 2.55. The number of ketones is 2. The van der Waals surface area contributed by atoms with Gasteiger partial charge in [0.05, 0.1) is 5.92 Å². The van der Waals surface area contributed by atoms with E-state index in [0.29, 0.717) is 25.7 Å². The predicted molar refractivity (Wildman–Crippen MR) is 62.9 cm³/mol. The molecule has 0 aromatic heterocycles. The number of rotatable bonds is 10. The maximum Gasteiger partial charge on any atom is 0.209 e. The average molecular weight is 225 g/mol. The van der Waals surface area contributed by atoms with Crippen molar-refractivity contribution < 1.29 is 14.4 Å². The highest BCUT2D eigenvalue weighted by atomic mass is 16.1. The summed E-state index contributed by atoms with van der Waals surface area (Å²) in [6.45, 7) is 3.92. The number of unbranched alkanes of at least 4 members (excludes halogenated alkanes) is 1. The van der Waals surface area contributed by atoms with E-state index in [9.17, 15) is 14.4 Å². The molecule has 3 heteroatoms. The predicted octanol–water partition coefficient (Wildman–Crippen LogP) is 2.62. The van der Waals surface area contributed by atoms with Gasteiger partial charge in [0.1, 0.15) is 11.6 Å². The Bertz CT molecular complexity index is 233. The number of Topliss-reactive ketones (excluding diaryl/α,β-unsaturated/α-hetero) is 2. The highest BCUT2D eigenvalue weighted by Gasteiger charge is 2.18. The minimum absolute atomic E-state index is 0.0826. The van der Waals surface area contributed by atoms with Crippen LogP contribution in [0, 0.1) is 5.92 Å². The summed E-state index contributed by atoms with van der Waals surface area (Å²) in [7, 11) is 0. The van der Waals surface area contributed by atoms with Crippen LogP contribution in [-0.2, 0) is 14.4 Å². The normalized spacial score (nSPS) is 12.1. The van der Waals surface area contributed by atoms with E-state index in [-0.39, 0.29) is 11.6 Å². The fraction of sp³-hybridized carbons (Fsp3) is 0.769. The van der Waals surface area contributed by atoms with E-state index < -0.39 is 5.92 Å². The second-order valence-corrected chi connectivity index (χ2v) is 4.07. The summed E-state index contributed by atoms with van der Waals surface area (Å²) in [6, 6.07) is 0. The zero-order chi connectivity index (χ0) is 12.4. The van der Waals surface area contributed by atoms with Crippen molar-refractivity contribution in [3.63, 3.8) is 0 Å². The molecule has 0 aliphatic heterocycles. The van der Waals surface area contributed by atoms with Crippen molar-refractivity contribution in [2.24, 2.45) is 5.92 Å². The molecule has 0 aromatic carbocycles. The van der Waals surface area contributed by atoms with E-state index in [1.54, 1.807) is 6.29 Å². The van der Waals surface area contributed by atoms with Crippen LogP contribution in [0.25, 0.3) is 0 Å². The van der Waals surface area contributed by atoms with Gasteiger partial charge in [0.15, 0.2) is 0 Å². The van der Waals surface area contributed by atoms with Crippen LogP contribution in [0.1, 0.15) is 58.8 Å². The maximum absolute atomic E-state index is 11.4. The van der Waals surface area contributed by atoms with Gasteiger partial charge in [0, 0.05) is 19.3 Å². The molecule has 0 spiro atoms. The van der Waals surface area contributed by atoms with Gasteiger partial charge in [-0.05, 0) is 19.3 Å². The van der Waals surface area contributed by atoms with Gasteiger partial charge < -0.3 is 0 Å². The van der Waals surface area contributed by atoms with Gasteiger partial charge in [-0.3, -0.25) is 14.4 Å². The molecule has 0 aliphatic carbocycles. The first-order valence-electron chi connectivity index (χ1n) is 6.07. The molecule has 16 heavy (non-hydrogen) atoms. The van der Waals surface area contributed by atoms with E-state index >= 15 is 0 Å². The Morgan fingerprint density at radius 3 is 2.25 bits per heavy atom. The lowest BCUT2D eigenvalue weighted by Gasteiger charge is -2.06. The first-order chi connectivity index (χ1) is 7.65.